The van der Waals surface area contributed by atoms with Gasteiger partial charge in [0.2, 0.25) is 0 Å². The zero-order chi connectivity index (χ0) is 19.3. The second-order valence-electron chi connectivity index (χ2n) is 6.75. The fourth-order valence-electron chi connectivity index (χ4n) is 2.35. The Morgan fingerprint density at radius 1 is 1.19 bits per heavy atom. The fourth-order valence-corrected chi connectivity index (χ4v) is 2.35. The van der Waals surface area contributed by atoms with Crippen molar-refractivity contribution in [2.75, 3.05) is 13.2 Å². The molecule has 7 heteroatoms. The number of hydrogen-bond donors (Lipinski definition) is 1. The Kier molecular flexibility index (Phi) is 6.38. The summed E-state index contributed by atoms with van der Waals surface area (Å²) in [6, 6.07) is 9.09. The second-order valence-corrected chi connectivity index (χ2v) is 6.75. The molecule has 1 aromatic heterocycles. The maximum absolute atomic E-state index is 12.9. The molecule has 0 saturated heterocycles. The SMILES string of the molecule is CC(C)COc1cn(-c2ccccc2)nc1C(=O)N(CC(=O)O)C(C)C. The molecule has 2 aromatic rings. The molecule has 0 aliphatic rings. The van der Waals surface area contributed by atoms with Crippen molar-refractivity contribution < 1.29 is 19.4 Å². The summed E-state index contributed by atoms with van der Waals surface area (Å²) in [5.74, 6) is -0.906. The Morgan fingerprint density at radius 2 is 1.85 bits per heavy atom. The smallest absolute Gasteiger partial charge is 0.323 e. The predicted molar refractivity (Wildman–Crippen MR) is 97.7 cm³/mol. The van der Waals surface area contributed by atoms with Crippen LogP contribution >= 0.6 is 0 Å². The summed E-state index contributed by atoms with van der Waals surface area (Å²) in [6.07, 6.45) is 1.66. The minimum atomic E-state index is -1.07. The summed E-state index contributed by atoms with van der Waals surface area (Å²) >= 11 is 0. The number of carboxylic acids is 1. The molecule has 140 valence electrons. The van der Waals surface area contributed by atoms with E-state index in [1.807, 2.05) is 44.2 Å². The standard InChI is InChI=1S/C19H25N3O4/c1-13(2)12-26-16-10-22(15-8-6-5-7-9-15)20-18(16)19(25)21(14(3)4)11-17(23)24/h5-10,13-14H,11-12H2,1-4H3,(H,23,24). The van der Waals surface area contributed by atoms with Crippen LogP contribution in [0.2, 0.25) is 0 Å². The fraction of sp³-hybridized carbons (Fsp3) is 0.421. The highest BCUT2D eigenvalue weighted by Crippen LogP contribution is 2.23. The summed E-state index contributed by atoms with van der Waals surface area (Å²) in [5.41, 5.74) is 0.903. The van der Waals surface area contributed by atoms with Crippen LogP contribution in [0.25, 0.3) is 5.69 Å². The number of aromatic nitrogens is 2. The quantitative estimate of drug-likeness (QED) is 0.783. The molecule has 0 atom stereocenters. The third kappa shape index (κ3) is 4.84. The molecule has 0 saturated carbocycles. The number of carboxylic acid groups (broad SMARTS) is 1. The van der Waals surface area contributed by atoms with Crippen LogP contribution in [-0.4, -0.2) is 50.9 Å². The van der Waals surface area contributed by atoms with E-state index in [-0.39, 0.29) is 17.7 Å². The Bertz CT molecular complexity index is 753. The first-order chi connectivity index (χ1) is 12.3. The summed E-state index contributed by atoms with van der Waals surface area (Å²) in [4.78, 5) is 25.3. The summed E-state index contributed by atoms with van der Waals surface area (Å²) in [5, 5.41) is 13.5. The molecule has 1 N–H and O–H groups in total. The highest BCUT2D eigenvalue weighted by atomic mass is 16.5. The molecule has 0 spiro atoms. The summed E-state index contributed by atoms with van der Waals surface area (Å²) in [7, 11) is 0. The lowest BCUT2D eigenvalue weighted by molar-refractivity contribution is -0.138. The number of carbonyl (C=O) groups is 2. The third-order valence-electron chi connectivity index (χ3n) is 3.67. The van der Waals surface area contributed by atoms with Gasteiger partial charge in [0.05, 0.1) is 18.5 Å². The number of aliphatic carboxylic acids is 1. The van der Waals surface area contributed by atoms with Crippen LogP contribution < -0.4 is 4.74 Å². The Labute approximate surface area is 153 Å². The first-order valence-electron chi connectivity index (χ1n) is 8.60. The van der Waals surface area contributed by atoms with Crippen molar-refractivity contribution in [1.29, 1.82) is 0 Å². The van der Waals surface area contributed by atoms with Gasteiger partial charge < -0.3 is 14.7 Å². The van der Waals surface area contributed by atoms with E-state index < -0.39 is 18.4 Å². The van der Waals surface area contributed by atoms with E-state index in [1.54, 1.807) is 24.7 Å². The number of carbonyl (C=O) groups excluding carboxylic acids is 1. The van der Waals surface area contributed by atoms with Crippen molar-refractivity contribution in [2.45, 2.75) is 33.7 Å². The molecule has 0 aliphatic heterocycles. The maximum atomic E-state index is 12.9. The van der Waals surface area contributed by atoms with Gasteiger partial charge in [0.25, 0.3) is 5.91 Å². The molecule has 7 nitrogen and oxygen atoms in total. The van der Waals surface area contributed by atoms with E-state index in [1.165, 1.54) is 4.90 Å². The van der Waals surface area contributed by atoms with Gasteiger partial charge in [-0.15, -0.1) is 0 Å². The van der Waals surface area contributed by atoms with Crippen LogP contribution in [-0.2, 0) is 4.79 Å². The molecule has 0 aliphatic carbocycles. The van der Waals surface area contributed by atoms with Crippen LogP contribution in [0.3, 0.4) is 0 Å². The molecule has 2 rings (SSSR count). The van der Waals surface area contributed by atoms with Crippen LogP contribution in [0, 0.1) is 5.92 Å². The molecule has 1 amide bonds. The van der Waals surface area contributed by atoms with Crippen molar-refractivity contribution in [3.05, 3.63) is 42.2 Å². The average Bonchev–Trinajstić information content (AvgIpc) is 3.02. The van der Waals surface area contributed by atoms with E-state index in [2.05, 4.69) is 5.10 Å². The predicted octanol–water partition coefficient (Wildman–Crippen LogP) is 2.84. The lowest BCUT2D eigenvalue weighted by Gasteiger charge is -2.24. The van der Waals surface area contributed by atoms with Gasteiger partial charge in [-0.05, 0) is 31.9 Å². The number of rotatable bonds is 8. The van der Waals surface area contributed by atoms with E-state index in [9.17, 15) is 9.59 Å². The van der Waals surface area contributed by atoms with Crippen molar-refractivity contribution in [3.63, 3.8) is 0 Å². The van der Waals surface area contributed by atoms with E-state index in [0.717, 1.165) is 5.69 Å². The normalized spacial score (nSPS) is 11.0. The Morgan fingerprint density at radius 3 is 2.38 bits per heavy atom. The lowest BCUT2D eigenvalue weighted by atomic mass is 10.2. The lowest BCUT2D eigenvalue weighted by Crippen LogP contribution is -2.41. The van der Waals surface area contributed by atoms with Gasteiger partial charge in [-0.1, -0.05) is 32.0 Å². The largest absolute Gasteiger partial charge is 0.489 e. The van der Waals surface area contributed by atoms with Crippen LogP contribution in [0.4, 0.5) is 0 Å². The van der Waals surface area contributed by atoms with Crippen molar-refractivity contribution >= 4 is 11.9 Å². The number of ether oxygens (including phenoxy) is 1. The van der Waals surface area contributed by atoms with Gasteiger partial charge in [0, 0.05) is 6.04 Å². The summed E-state index contributed by atoms with van der Waals surface area (Å²) < 4.78 is 7.35. The van der Waals surface area contributed by atoms with Gasteiger partial charge in [0.15, 0.2) is 11.4 Å². The Balaban J connectivity index is 2.41. The zero-order valence-corrected chi connectivity index (χ0v) is 15.5. The summed E-state index contributed by atoms with van der Waals surface area (Å²) in [6.45, 7) is 7.59. The molecular weight excluding hydrogens is 334 g/mol. The van der Waals surface area contributed by atoms with Crippen LogP contribution in [0.5, 0.6) is 5.75 Å². The van der Waals surface area contributed by atoms with Gasteiger partial charge >= 0.3 is 5.97 Å². The molecule has 0 radical (unpaired) electrons. The molecule has 0 fully saturated rings. The number of hydrogen-bond acceptors (Lipinski definition) is 4. The van der Waals surface area contributed by atoms with Crippen molar-refractivity contribution in [3.8, 4) is 11.4 Å². The molecular formula is C19H25N3O4. The van der Waals surface area contributed by atoms with E-state index >= 15 is 0 Å². The first kappa shape index (κ1) is 19.5. The molecule has 0 bridgehead atoms. The zero-order valence-electron chi connectivity index (χ0n) is 15.5. The van der Waals surface area contributed by atoms with E-state index in [0.29, 0.717) is 12.4 Å². The van der Waals surface area contributed by atoms with Gasteiger partial charge in [0.1, 0.15) is 6.54 Å². The van der Waals surface area contributed by atoms with Gasteiger partial charge in [-0.25, -0.2) is 4.68 Å². The second kappa shape index (κ2) is 8.51. The number of benzene rings is 1. The number of nitrogens with zero attached hydrogens (tertiary/aromatic N) is 3. The highest BCUT2D eigenvalue weighted by Gasteiger charge is 2.27. The molecule has 1 heterocycles. The Hall–Kier alpha value is -2.83. The maximum Gasteiger partial charge on any atom is 0.323 e. The third-order valence-corrected chi connectivity index (χ3v) is 3.67. The van der Waals surface area contributed by atoms with Crippen molar-refractivity contribution in [2.24, 2.45) is 5.92 Å². The minimum Gasteiger partial charge on any atom is -0.489 e. The highest BCUT2D eigenvalue weighted by molar-refractivity contribution is 5.96. The monoisotopic (exact) mass is 359 g/mol. The van der Waals surface area contributed by atoms with Crippen LogP contribution in [0.15, 0.2) is 36.5 Å². The molecule has 1 aromatic carbocycles. The topological polar surface area (TPSA) is 84.7 Å². The average molecular weight is 359 g/mol. The number of amides is 1. The van der Waals surface area contributed by atoms with Crippen LogP contribution in [0.1, 0.15) is 38.2 Å². The van der Waals surface area contributed by atoms with Gasteiger partial charge in [-0.3, -0.25) is 9.59 Å². The van der Waals surface area contributed by atoms with Gasteiger partial charge in [-0.2, -0.15) is 5.10 Å². The number of para-hydroxylation sites is 1. The van der Waals surface area contributed by atoms with Crippen molar-refractivity contribution in [1.82, 2.24) is 14.7 Å². The first-order valence-corrected chi connectivity index (χ1v) is 8.60. The molecule has 0 unspecified atom stereocenters. The molecule has 26 heavy (non-hydrogen) atoms. The van der Waals surface area contributed by atoms with E-state index in [4.69, 9.17) is 9.84 Å². The minimum absolute atomic E-state index is 0.115.